The maximum absolute atomic E-state index is 11.5. The van der Waals surface area contributed by atoms with E-state index in [9.17, 15) is 9.59 Å². The number of carbonyl (C=O) groups is 2. The predicted octanol–water partition coefficient (Wildman–Crippen LogP) is 0.186. The van der Waals surface area contributed by atoms with Gasteiger partial charge >= 0.3 is 11.9 Å². The summed E-state index contributed by atoms with van der Waals surface area (Å²) >= 11 is 0. The molecule has 0 saturated heterocycles. The molecule has 106 valence electrons. The molecule has 0 aromatic heterocycles. The van der Waals surface area contributed by atoms with Crippen molar-refractivity contribution in [3.63, 3.8) is 0 Å². The van der Waals surface area contributed by atoms with Crippen LogP contribution < -0.4 is 4.90 Å². The van der Waals surface area contributed by atoms with E-state index in [-0.39, 0.29) is 24.5 Å². The van der Waals surface area contributed by atoms with Gasteiger partial charge < -0.3 is 14.4 Å². The summed E-state index contributed by atoms with van der Waals surface area (Å²) in [5.74, 6) is -0.559. The summed E-state index contributed by atoms with van der Waals surface area (Å²) in [7, 11) is 5.39. The monoisotopic (exact) mass is 260 g/mol. The molecule has 0 rings (SSSR count). The highest BCUT2D eigenvalue weighted by Crippen LogP contribution is 2.07. The number of nitrogens with one attached hydrogen (secondary N) is 1. The highest BCUT2D eigenvalue weighted by molar-refractivity contribution is 5.72. The fourth-order valence-corrected chi connectivity index (χ4v) is 1.49. The van der Waals surface area contributed by atoms with Crippen molar-refractivity contribution >= 4 is 11.9 Å². The van der Waals surface area contributed by atoms with Gasteiger partial charge in [-0.25, -0.2) is 0 Å². The third kappa shape index (κ3) is 8.98. The minimum atomic E-state index is -0.364. The van der Waals surface area contributed by atoms with E-state index in [1.165, 1.54) is 12.0 Å². The van der Waals surface area contributed by atoms with Crippen molar-refractivity contribution in [2.45, 2.75) is 45.1 Å². The van der Waals surface area contributed by atoms with E-state index in [0.717, 1.165) is 19.4 Å². The van der Waals surface area contributed by atoms with E-state index in [1.54, 1.807) is 0 Å². The Morgan fingerprint density at radius 1 is 1.22 bits per heavy atom. The van der Waals surface area contributed by atoms with Gasteiger partial charge in [-0.2, -0.15) is 0 Å². The molecule has 5 heteroatoms. The fraction of sp³-hybridized carbons (Fsp3) is 0.846. The molecule has 1 atom stereocenters. The number of unbranched alkanes of at least 4 members (excludes halogenated alkanes) is 1. The lowest BCUT2D eigenvalue weighted by Gasteiger charge is -2.17. The maximum atomic E-state index is 11.5. The van der Waals surface area contributed by atoms with Crippen LogP contribution in [-0.2, 0) is 19.1 Å². The second-order valence-corrected chi connectivity index (χ2v) is 4.74. The number of hydrogen-bond acceptors (Lipinski definition) is 4. The molecule has 0 fully saturated rings. The number of ether oxygens (including phenoxy) is 2. The second-order valence-electron chi connectivity index (χ2n) is 4.74. The van der Waals surface area contributed by atoms with Gasteiger partial charge in [-0.1, -0.05) is 13.3 Å². The van der Waals surface area contributed by atoms with Crippen LogP contribution in [0.2, 0.25) is 0 Å². The van der Waals surface area contributed by atoms with Crippen LogP contribution in [-0.4, -0.2) is 45.8 Å². The summed E-state index contributed by atoms with van der Waals surface area (Å²) < 4.78 is 9.94. The normalized spacial score (nSPS) is 12.3. The molecule has 18 heavy (non-hydrogen) atoms. The molecule has 0 aromatic carbocycles. The summed E-state index contributed by atoms with van der Waals surface area (Å²) in [5, 5.41) is 0. The van der Waals surface area contributed by atoms with Gasteiger partial charge in [0, 0.05) is 12.8 Å². The van der Waals surface area contributed by atoms with E-state index in [4.69, 9.17) is 4.74 Å². The van der Waals surface area contributed by atoms with Gasteiger partial charge in [0.15, 0.2) is 0 Å². The zero-order valence-corrected chi connectivity index (χ0v) is 12.0. The first-order chi connectivity index (χ1) is 8.49. The van der Waals surface area contributed by atoms with Crippen molar-refractivity contribution in [3.8, 4) is 0 Å². The van der Waals surface area contributed by atoms with E-state index in [0.29, 0.717) is 12.8 Å². The van der Waals surface area contributed by atoms with Crippen LogP contribution in [0.1, 0.15) is 39.0 Å². The summed E-state index contributed by atoms with van der Waals surface area (Å²) in [6.07, 6.45) is 2.65. The molecule has 0 aliphatic rings. The lowest BCUT2D eigenvalue weighted by atomic mass is 10.1. The minimum Gasteiger partial charge on any atom is -0.469 e. The molecule has 5 nitrogen and oxygen atoms in total. The zero-order valence-electron chi connectivity index (χ0n) is 12.0. The van der Waals surface area contributed by atoms with Crippen LogP contribution in [0.4, 0.5) is 0 Å². The van der Waals surface area contributed by atoms with Gasteiger partial charge in [0.25, 0.3) is 0 Å². The van der Waals surface area contributed by atoms with Crippen molar-refractivity contribution in [2.75, 3.05) is 27.7 Å². The van der Waals surface area contributed by atoms with Gasteiger partial charge in [0.2, 0.25) is 0 Å². The smallest absolute Gasteiger partial charge is 0.309 e. The average molecular weight is 260 g/mol. The van der Waals surface area contributed by atoms with E-state index >= 15 is 0 Å². The predicted molar refractivity (Wildman–Crippen MR) is 68.3 cm³/mol. The first-order valence-electron chi connectivity index (χ1n) is 6.54. The standard InChI is InChI=1S/C13H25NO4/c1-5-6-7-12(15)18-11(8-9-14(2)3)10-13(16)17-4/h11H,5-10H2,1-4H3/p+1/t11-/m0/s1. The van der Waals surface area contributed by atoms with E-state index in [2.05, 4.69) is 4.74 Å². The Kier molecular flexibility index (Phi) is 9.28. The Morgan fingerprint density at radius 3 is 2.39 bits per heavy atom. The summed E-state index contributed by atoms with van der Waals surface area (Å²) in [4.78, 5) is 24.0. The Balaban J connectivity index is 4.18. The lowest BCUT2D eigenvalue weighted by molar-refractivity contribution is -0.858. The summed E-state index contributed by atoms with van der Waals surface area (Å²) in [5.41, 5.74) is 0. The molecule has 0 unspecified atom stereocenters. The first kappa shape index (κ1) is 16.9. The van der Waals surface area contributed by atoms with Crippen LogP contribution in [0.5, 0.6) is 0 Å². The Morgan fingerprint density at radius 2 is 1.89 bits per heavy atom. The van der Waals surface area contributed by atoms with E-state index in [1.807, 2.05) is 21.0 Å². The molecule has 0 aromatic rings. The molecule has 0 aliphatic heterocycles. The molecule has 0 amide bonds. The van der Waals surface area contributed by atoms with Crippen molar-refractivity contribution in [3.05, 3.63) is 0 Å². The Hall–Kier alpha value is -1.10. The molecule has 0 bridgehead atoms. The van der Waals surface area contributed by atoms with E-state index < -0.39 is 0 Å². The van der Waals surface area contributed by atoms with Crippen molar-refractivity contribution < 1.29 is 24.0 Å². The van der Waals surface area contributed by atoms with Crippen LogP contribution in [0.3, 0.4) is 0 Å². The molecule has 0 radical (unpaired) electrons. The molecular formula is C13H26NO4+. The van der Waals surface area contributed by atoms with Gasteiger partial charge in [-0.3, -0.25) is 9.59 Å². The zero-order chi connectivity index (χ0) is 14.0. The average Bonchev–Trinajstić information content (AvgIpc) is 2.33. The third-order valence-corrected chi connectivity index (χ3v) is 2.62. The van der Waals surface area contributed by atoms with Crippen molar-refractivity contribution in [1.82, 2.24) is 0 Å². The van der Waals surface area contributed by atoms with Crippen LogP contribution in [0.15, 0.2) is 0 Å². The molecule has 0 heterocycles. The number of rotatable bonds is 9. The SMILES string of the molecule is CCCCC(=O)O[C@@H](CC[NH+](C)C)CC(=O)OC. The number of quaternary nitrogens is 1. The summed E-state index contributed by atoms with van der Waals surface area (Å²) in [6.45, 7) is 2.87. The van der Waals surface area contributed by atoms with Gasteiger partial charge in [-0.15, -0.1) is 0 Å². The van der Waals surface area contributed by atoms with Gasteiger partial charge in [0.1, 0.15) is 6.10 Å². The van der Waals surface area contributed by atoms with Crippen LogP contribution in [0.25, 0.3) is 0 Å². The lowest BCUT2D eigenvalue weighted by Crippen LogP contribution is -3.05. The summed E-state index contributed by atoms with van der Waals surface area (Å²) in [6, 6.07) is 0. The number of hydrogen-bond donors (Lipinski definition) is 1. The number of carbonyl (C=O) groups excluding carboxylic acids is 2. The van der Waals surface area contributed by atoms with Crippen molar-refractivity contribution in [1.29, 1.82) is 0 Å². The molecule has 0 saturated carbocycles. The van der Waals surface area contributed by atoms with Gasteiger partial charge in [-0.05, 0) is 6.42 Å². The van der Waals surface area contributed by atoms with Crippen LogP contribution >= 0.6 is 0 Å². The number of esters is 2. The highest BCUT2D eigenvalue weighted by atomic mass is 16.6. The molecule has 1 N–H and O–H groups in total. The topological polar surface area (TPSA) is 57.0 Å². The molecule has 0 spiro atoms. The molecular weight excluding hydrogens is 234 g/mol. The third-order valence-electron chi connectivity index (χ3n) is 2.62. The maximum Gasteiger partial charge on any atom is 0.309 e. The quantitative estimate of drug-likeness (QED) is 0.601. The minimum absolute atomic E-state index is 0.141. The molecule has 0 aliphatic carbocycles. The Labute approximate surface area is 109 Å². The largest absolute Gasteiger partial charge is 0.469 e. The second kappa shape index (κ2) is 9.88. The fourth-order valence-electron chi connectivity index (χ4n) is 1.49. The Bertz CT molecular complexity index is 253. The van der Waals surface area contributed by atoms with Crippen LogP contribution in [0, 0.1) is 0 Å². The van der Waals surface area contributed by atoms with Crippen molar-refractivity contribution in [2.24, 2.45) is 0 Å². The number of methoxy groups -OCH3 is 1. The first-order valence-corrected chi connectivity index (χ1v) is 6.54. The van der Waals surface area contributed by atoms with Gasteiger partial charge in [0.05, 0.1) is 34.2 Å². The highest BCUT2D eigenvalue weighted by Gasteiger charge is 2.19.